The number of carbonyl (C=O) groups excluding carboxylic acids is 1. The highest BCUT2D eigenvalue weighted by molar-refractivity contribution is 5.76. The number of piperidine rings is 1. The van der Waals surface area contributed by atoms with E-state index < -0.39 is 0 Å². The normalized spacial score (nSPS) is 17.1. The summed E-state index contributed by atoms with van der Waals surface area (Å²) in [6.45, 7) is 6.89. The van der Waals surface area contributed by atoms with Gasteiger partial charge < -0.3 is 19.2 Å². The molecule has 0 atom stereocenters. The number of piperazine rings is 1. The molecule has 35 heavy (non-hydrogen) atoms. The van der Waals surface area contributed by atoms with Crippen LogP contribution in [0, 0.1) is 11.7 Å². The Hall–Kier alpha value is -3.42. The van der Waals surface area contributed by atoms with Crippen LogP contribution in [0.5, 0.6) is 0 Å². The van der Waals surface area contributed by atoms with Crippen LogP contribution in [-0.2, 0) is 11.2 Å². The first kappa shape index (κ1) is 23.3. The molecule has 1 amide bonds. The molecular weight excluding hydrogens is 445 g/mol. The van der Waals surface area contributed by atoms with Crippen LogP contribution in [0.3, 0.4) is 0 Å². The summed E-state index contributed by atoms with van der Waals surface area (Å²) in [5.41, 5.74) is 2.73. The first-order valence-electron chi connectivity index (χ1n) is 12.5. The number of rotatable bonds is 6. The number of hydrogen-bond donors (Lipinski definition) is 0. The third kappa shape index (κ3) is 5.47. The molecule has 7 nitrogen and oxygen atoms in total. The molecule has 0 saturated carbocycles. The third-order valence-electron chi connectivity index (χ3n) is 7.12. The number of amides is 1. The zero-order valence-corrected chi connectivity index (χ0v) is 20.2. The summed E-state index contributed by atoms with van der Waals surface area (Å²) in [4.78, 5) is 23.4. The van der Waals surface area contributed by atoms with Gasteiger partial charge in [-0.25, -0.2) is 4.39 Å². The van der Waals surface area contributed by atoms with E-state index in [0.717, 1.165) is 24.6 Å². The molecule has 2 aliphatic heterocycles. The van der Waals surface area contributed by atoms with Crippen molar-refractivity contribution in [3.05, 3.63) is 60.2 Å². The molecule has 0 bridgehead atoms. The van der Waals surface area contributed by atoms with E-state index in [0.29, 0.717) is 56.4 Å². The first-order chi connectivity index (χ1) is 17.1. The second kappa shape index (κ2) is 10.5. The second-order valence-electron chi connectivity index (χ2n) is 9.55. The van der Waals surface area contributed by atoms with Crippen molar-refractivity contribution >= 4 is 17.3 Å². The van der Waals surface area contributed by atoms with Crippen LogP contribution in [0.15, 0.2) is 53.1 Å². The first-order valence-corrected chi connectivity index (χ1v) is 12.5. The number of hydrogen-bond acceptors (Lipinski definition) is 6. The van der Waals surface area contributed by atoms with Crippen LogP contribution < -0.4 is 9.80 Å². The highest BCUT2D eigenvalue weighted by Crippen LogP contribution is 2.26. The molecule has 3 aromatic rings. The molecule has 0 radical (unpaired) electrons. The van der Waals surface area contributed by atoms with Crippen LogP contribution in [0.2, 0.25) is 0 Å². The maximum Gasteiger partial charge on any atom is 0.227 e. The number of carbonyl (C=O) groups is 1. The predicted molar refractivity (Wildman–Crippen MR) is 134 cm³/mol. The van der Waals surface area contributed by atoms with Crippen molar-refractivity contribution in [2.24, 2.45) is 5.92 Å². The minimum Gasteiger partial charge on any atom is -0.372 e. The highest BCUT2D eigenvalue weighted by Gasteiger charge is 2.23. The average Bonchev–Trinajstić information content (AvgIpc) is 3.37. The molecule has 5 rings (SSSR count). The third-order valence-corrected chi connectivity index (χ3v) is 7.12. The van der Waals surface area contributed by atoms with Gasteiger partial charge in [-0.15, -0.1) is 0 Å². The topological polar surface area (TPSA) is 65.7 Å². The Kier molecular flexibility index (Phi) is 6.97. The minimum absolute atomic E-state index is 0.0538. The van der Waals surface area contributed by atoms with Gasteiger partial charge in [0.2, 0.25) is 17.6 Å². The van der Waals surface area contributed by atoms with E-state index in [1.165, 1.54) is 24.6 Å². The summed E-state index contributed by atoms with van der Waals surface area (Å²) >= 11 is 0. The molecule has 0 unspecified atom stereocenters. The van der Waals surface area contributed by atoms with Crippen molar-refractivity contribution < 1.29 is 13.7 Å². The van der Waals surface area contributed by atoms with Crippen molar-refractivity contribution in [2.45, 2.75) is 32.6 Å². The van der Waals surface area contributed by atoms with Crippen LogP contribution in [0.25, 0.3) is 11.4 Å². The van der Waals surface area contributed by atoms with Crippen molar-refractivity contribution in [1.82, 2.24) is 15.0 Å². The Labute approximate surface area is 205 Å². The lowest BCUT2D eigenvalue weighted by Crippen LogP contribution is -2.49. The summed E-state index contributed by atoms with van der Waals surface area (Å²) in [6.07, 6.45) is 3.18. The fraction of sp³-hybridized carbons (Fsp3) is 0.444. The summed E-state index contributed by atoms with van der Waals surface area (Å²) in [7, 11) is 0. The number of benzene rings is 2. The van der Waals surface area contributed by atoms with Crippen LogP contribution in [0.4, 0.5) is 15.8 Å². The largest absolute Gasteiger partial charge is 0.372 e. The molecule has 0 N–H and O–H groups in total. The number of para-hydroxylation sites is 1. The smallest absolute Gasteiger partial charge is 0.227 e. The summed E-state index contributed by atoms with van der Waals surface area (Å²) < 4.78 is 19.4. The molecule has 8 heteroatoms. The molecule has 0 spiro atoms. The molecule has 0 aliphatic carbocycles. The van der Waals surface area contributed by atoms with E-state index in [-0.39, 0.29) is 11.7 Å². The average molecular weight is 478 g/mol. The molecule has 2 fully saturated rings. The van der Waals surface area contributed by atoms with Crippen molar-refractivity contribution in [3.63, 3.8) is 0 Å². The van der Waals surface area contributed by atoms with E-state index in [1.54, 1.807) is 12.1 Å². The lowest BCUT2D eigenvalue weighted by molar-refractivity contribution is -0.131. The van der Waals surface area contributed by atoms with Gasteiger partial charge in [-0.3, -0.25) is 4.79 Å². The van der Waals surface area contributed by atoms with E-state index in [1.807, 2.05) is 28.0 Å². The molecule has 184 valence electrons. The summed E-state index contributed by atoms with van der Waals surface area (Å²) in [5.74, 6) is 1.64. The van der Waals surface area contributed by atoms with Gasteiger partial charge in [-0.1, -0.05) is 24.2 Å². The van der Waals surface area contributed by atoms with Gasteiger partial charge in [0.1, 0.15) is 5.82 Å². The monoisotopic (exact) mass is 477 g/mol. The Morgan fingerprint density at radius 3 is 2.40 bits per heavy atom. The quantitative estimate of drug-likeness (QED) is 0.525. The molecular formula is C27H32FN5O2. The fourth-order valence-electron chi connectivity index (χ4n) is 4.84. The fourth-order valence-corrected chi connectivity index (χ4v) is 4.84. The zero-order valence-electron chi connectivity index (χ0n) is 20.2. The summed E-state index contributed by atoms with van der Waals surface area (Å²) in [6, 6.07) is 15.1. The van der Waals surface area contributed by atoms with E-state index >= 15 is 0 Å². The standard InChI is InChI=1S/C27H32FN5O2/c1-20-12-14-31(15-13-20)22-8-6-21(7-9-22)27-29-25(35-30-27)10-11-26(34)33-18-16-32(17-19-33)24-5-3-2-4-23(24)28/h2-9,20H,10-19H2,1H3. The molecule has 2 aromatic carbocycles. The number of nitrogens with zero attached hydrogens (tertiary/aromatic N) is 5. The maximum atomic E-state index is 14.0. The van der Waals surface area contributed by atoms with Gasteiger partial charge in [0.15, 0.2) is 0 Å². The SMILES string of the molecule is CC1CCN(c2ccc(-c3noc(CCC(=O)N4CCN(c5ccccc5F)CC4)n3)cc2)CC1. The van der Waals surface area contributed by atoms with E-state index in [2.05, 4.69) is 34.1 Å². The van der Waals surface area contributed by atoms with Crippen LogP contribution in [0.1, 0.15) is 32.1 Å². The van der Waals surface area contributed by atoms with E-state index in [4.69, 9.17) is 4.52 Å². The second-order valence-corrected chi connectivity index (χ2v) is 9.55. The Morgan fingerprint density at radius 2 is 1.69 bits per heavy atom. The Balaban J connectivity index is 1.11. The lowest BCUT2D eigenvalue weighted by Gasteiger charge is -2.36. The van der Waals surface area contributed by atoms with Crippen LogP contribution >= 0.6 is 0 Å². The predicted octanol–water partition coefficient (Wildman–Crippen LogP) is 4.39. The van der Waals surface area contributed by atoms with Gasteiger partial charge >= 0.3 is 0 Å². The number of aryl methyl sites for hydroxylation is 1. The number of aromatic nitrogens is 2. The molecule has 2 saturated heterocycles. The van der Waals surface area contributed by atoms with Crippen molar-refractivity contribution in [1.29, 1.82) is 0 Å². The van der Waals surface area contributed by atoms with Gasteiger partial charge in [-0.2, -0.15) is 4.98 Å². The lowest BCUT2D eigenvalue weighted by atomic mass is 9.98. The molecule has 1 aromatic heterocycles. The zero-order chi connectivity index (χ0) is 24.2. The van der Waals surface area contributed by atoms with Gasteiger partial charge in [0.25, 0.3) is 0 Å². The van der Waals surface area contributed by atoms with Crippen LogP contribution in [-0.4, -0.2) is 60.2 Å². The number of halogens is 1. The van der Waals surface area contributed by atoms with Gasteiger partial charge in [0.05, 0.1) is 5.69 Å². The van der Waals surface area contributed by atoms with Crippen molar-refractivity contribution in [2.75, 3.05) is 49.1 Å². The number of anilines is 2. The summed E-state index contributed by atoms with van der Waals surface area (Å²) in [5, 5.41) is 4.11. The van der Waals surface area contributed by atoms with Gasteiger partial charge in [-0.05, 0) is 55.2 Å². The van der Waals surface area contributed by atoms with Crippen molar-refractivity contribution in [3.8, 4) is 11.4 Å². The minimum atomic E-state index is -0.227. The maximum absolute atomic E-state index is 14.0. The molecule has 2 aliphatic rings. The van der Waals surface area contributed by atoms with Gasteiger partial charge in [0, 0.05) is 63.4 Å². The molecule has 3 heterocycles. The Morgan fingerprint density at radius 1 is 0.971 bits per heavy atom. The highest BCUT2D eigenvalue weighted by atomic mass is 19.1. The van der Waals surface area contributed by atoms with E-state index in [9.17, 15) is 9.18 Å². The Bertz CT molecular complexity index is 1130.